The second-order valence-corrected chi connectivity index (χ2v) is 8.89. The van der Waals surface area contributed by atoms with Crippen molar-refractivity contribution in [3.63, 3.8) is 0 Å². The molecule has 2 aliphatic rings. The van der Waals surface area contributed by atoms with Gasteiger partial charge in [0, 0.05) is 36.9 Å². The van der Waals surface area contributed by atoms with E-state index < -0.39 is 5.82 Å². The molecule has 1 aromatic heterocycles. The minimum atomic E-state index is -0.444. The van der Waals surface area contributed by atoms with Crippen molar-refractivity contribution >= 4 is 23.5 Å². The smallest absolute Gasteiger partial charge is 0.233 e. The lowest BCUT2D eigenvalue weighted by Gasteiger charge is -2.24. The molecule has 3 heterocycles. The molecule has 2 fully saturated rings. The number of rotatable bonds is 11. The second kappa shape index (κ2) is 11.6. The molecular formula is C24H37FN8O. The van der Waals surface area contributed by atoms with Crippen LogP contribution in [0.2, 0.25) is 0 Å². The number of hydrogen-bond acceptors (Lipinski definition) is 9. The van der Waals surface area contributed by atoms with E-state index in [-0.39, 0.29) is 5.75 Å². The third kappa shape index (κ3) is 6.04. The van der Waals surface area contributed by atoms with Crippen molar-refractivity contribution in [2.45, 2.75) is 51.6 Å². The summed E-state index contributed by atoms with van der Waals surface area (Å²) in [6, 6.07) is 5.64. The highest BCUT2D eigenvalue weighted by atomic mass is 19.1. The van der Waals surface area contributed by atoms with E-state index in [1.54, 1.807) is 12.1 Å². The number of likely N-dealkylation sites (N-methyl/N-ethyl adjacent to an activating group) is 2. The van der Waals surface area contributed by atoms with E-state index in [1.165, 1.54) is 38.9 Å². The van der Waals surface area contributed by atoms with Gasteiger partial charge < -0.3 is 20.7 Å². The molecule has 0 spiro atoms. The number of aromatic nitrogens is 3. The molecule has 34 heavy (non-hydrogen) atoms. The third-order valence-electron chi connectivity index (χ3n) is 6.85. The lowest BCUT2D eigenvalue weighted by molar-refractivity contribution is 0.276. The monoisotopic (exact) mass is 472 g/mol. The van der Waals surface area contributed by atoms with E-state index in [0.29, 0.717) is 35.6 Å². The second-order valence-electron chi connectivity index (χ2n) is 8.89. The van der Waals surface area contributed by atoms with Gasteiger partial charge in [-0.15, -0.1) is 0 Å². The Kier molecular flexibility index (Phi) is 8.34. The number of ether oxygens (including phenoxy) is 1. The highest BCUT2D eigenvalue weighted by molar-refractivity contribution is 5.57. The molecule has 2 saturated heterocycles. The van der Waals surface area contributed by atoms with Crippen LogP contribution in [0, 0.1) is 5.82 Å². The predicted molar refractivity (Wildman–Crippen MR) is 134 cm³/mol. The van der Waals surface area contributed by atoms with Gasteiger partial charge in [-0.3, -0.25) is 9.80 Å². The minimum absolute atomic E-state index is 0.194. The van der Waals surface area contributed by atoms with Crippen LogP contribution in [0.5, 0.6) is 5.75 Å². The minimum Gasteiger partial charge on any atom is -0.494 e. The maximum Gasteiger partial charge on any atom is 0.233 e. The molecule has 0 amide bonds. The Morgan fingerprint density at radius 3 is 1.97 bits per heavy atom. The number of benzene rings is 1. The van der Waals surface area contributed by atoms with Crippen LogP contribution in [0.1, 0.15) is 39.5 Å². The fourth-order valence-corrected chi connectivity index (χ4v) is 4.97. The average molecular weight is 473 g/mol. The largest absolute Gasteiger partial charge is 0.494 e. The fourth-order valence-electron chi connectivity index (χ4n) is 4.97. The molecule has 186 valence electrons. The number of likely N-dealkylation sites (tertiary alicyclic amines) is 2. The average Bonchev–Trinajstić information content (AvgIpc) is 3.50. The van der Waals surface area contributed by atoms with Gasteiger partial charge in [-0.1, -0.05) is 13.8 Å². The number of hydrogen-bond donors (Lipinski definition) is 3. The molecule has 2 aliphatic heterocycles. The topological polar surface area (TPSA) is 90.5 Å². The van der Waals surface area contributed by atoms with E-state index in [0.717, 1.165) is 39.3 Å². The Bertz CT molecular complexity index is 901. The van der Waals surface area contributed by atoms with E-state index in [4.69, 9.17) is 4.74 Å². The van der Waals surface area contributed by atoms with Crippen molar-refractivity contribution in [1.29, 1.82) is 0 Å². The van der Waals surface area contributed by atoms with Gasteiger partial charge in [-0.2, -0.15) is 15.0 Å². The molecule has 10 heteroatoms. The first kappa shape index (κ1) is 24.4. The van der Waals surface area contributed by atoms with Crippen LogP contribution in [0.4, 0.5) is 27.9 Å². The molecule has 0 saturated carbocycles. The van der Waals surface area contributed by atoms with Crippen LogP contribution in [-0.4, -0.2) is 83.2 Å². The van der Waals surface area contributed by atoms with Gasteiger partial charge >= 0.3 is 0 Å². The van der Waals surface area contributed by atoms with Crippen molar-refractivity contribution in [2.24, 2.45) is 0 Å². The first-order valence-electron chi connectivity index (χ1n) is 12.4. The van der Waals surface area contributed by atoms with Crippen molar-refractivity contribution in [1.82, 2.24) is 24.8 Å². The summed E-state index contributed by atoms with van der Waals surface area (Å²) in [5.41, 5.74) is 0.544. The lowest BCUT2D eigenvalue weighted by Crippen LogP contribution is -2.35. The lowest BCUT2D eigenvalue weighted by atomic mass is 10.2. The van der Waals surface area contributed by atoms with Crippen molar-refractivity contribution in [3.8, 4) is 5.75 Å². The van der Waals surface area contributed by atoms with E-state index in [2.05, 4.69) is 54.5 Å². The van der Waals surface area contributed by atoms with Crippen LogP contribution in [0.15, 0.2) is 18.2 Å². The molecule has 2 aromatic rings. The van der Waals surface area contributed by atoms with Gasteiger partial charge in [0.15, 0.2) is 11.6 Å². The zero-order chi connectivity index (χ0) is 23.9. The Morgan fingerprint density at radius 2 is 1.47 bits per heavy atom. The molecular weight excluding hydrogens is 435 g/mol. The standard InChI is InChI=1S/C24H37FN8O/c1-4-32-12-6-8-18(32)15-26-22-29-23(27-16-19-9-7-13-33(19)5-2)31-24(30-22)28-17-10-11-21(34-3)20(25)14-17/h10-11,14,18-19H,4-9,12-13,15-16H2,1-3H3,(H3,26,27,28,29,30,31). The first-order valence-corrected chi connectivity index (χ1v) is 12.4. The summed E-state index contributed by atoms with van der Waals surface area (Å²) in [6.07, 6.45) is 4.77. The molecule has 0 radical (unpaired) electrons. The molecule has 1 aromatic carbocycles. The van der Waals surface area contributed by atoms with Crippen LogP contribution in [0.3, 0.4) is 0 Å². The van der Waals surface area contributed by atoms with E-state index >= 15 is 0 Å². The van der Waals surface area contributed by atoms with Crippen LogP contribution in [-0.2, 0) is 0 Å². The number of halogens is 1. The summed E-state index contributed by atoms with van der Waals surface area (Å²) in [4.78, 5) is 18.7. The van der Waals surface area contributed by atoms with Crippen LogP contribution >= 0.6 is 0 Å². The molecule has 3 N–H and O–H groups in total. The quantitative estimate of drug-likeness (QED) is 0.454. The predicted octanol–water partition coefficient (Wildman–Crippen LogP) is 3.56. The molecule has 0 bridgehead atoms. The van der Waals surface area contributed by atoms with Gasteiger partial charge in [-0.25, -0.2) is 4.39 Å². The van der Waals surface area contributed by atoms with Gasteiger partial charge in [0.05, 0.1) is 7.11 Å². The fraction of sp³-hybridized carbons (Fsp3) is 0.625. The number of anilines is 4. The van der Waals surface area contributed by atoms with Crippen LogP contribution in [0.25, 0.3) is 0 Å². The Labute approximate surface area is 201 Å². The zero-order valence-electron chi connectivity index (χ0n) is 20.5. The number of nitrogens with zero attached hydrogens (tertiary/aromatic N) is 5. The summed E-state index contributed by atoms with van der Waals surface area (Å²) in [6.45, 7) is 10.3. The summed E-state index contributed by atoms with van der Waals surface area (Å²) in [5.74, 6) is 1.13. The Balaban J connectivity index is 1.49. The summed E-state index contributed by atoms with van der Waals surface area (Å²) < 4.78 is 19.2. The van der Waals surface area contributed by atoms with E-state index in [1.807, 2.05) is 0 Å². The van der Waals surface area contributed by atoms with Gasteiger partial charge in [0.2, 0.25) is 17.8 Å². The SMILES string of the molecule is CCN1CCCC1CNc1nc(NCC2CCCN2CC)nc(Nc2ccc(OC)c(F)c2)n1. The molecule has 0 aliphatic carbocycles. The van der Waals surface area contributed by atoms with E-state index in [9.17, 15) is 4.39 Å². The van der Waals surface area contributed by atoms with Crippen molar-refractivity contribution in [2.75, 3.05) is 62.3 Å². The maximum absolute atomic E-state index is 14.2. The van der Waals surface area contributed by atoms with Gasteiger partial charge in [0.1, 0.15) is 0 Å². The third-order valence-corrected chi connectivity index (χ3v) is 6.85. The maximum atomic E-state index is 14.2. The Morgan fingerprint density at radius 1 is 0.912 bits per heavy atom. The van der Waals surface area contributed by atoms with Crippen LogP contribution < -0.4 is 20.7 Å². The normalized spacial score (nSPS) is 21.1. The number of methoxy groups -OCH3 is 1. The number of nitrogens with one attached hydrogen (secondary N) is 3. The summed E-state index contributed by atoms with van der Waals surface area (Å²) in [7, 11) is 1.45. The molecule has 2 unspecified atom stereocenters. The molecule has 2 atom stereocenters. The molecule has 4 rings (SSSR count). The van der Waals surface area contributed by atoms with Gasteiger partial charge in [0.25, 0.3) is 0 Å². The molecule has 9 nitrogen and oxygen atoms in total. The first-order chi connectivity index (χ1) is 16.6. The Hall–Kier alpha value is -2.72. The van der Waals surface area contributed by atoms with Crippen molar-refractivity contribution in [3.05, 3.63) is 24.0 Å². The zero-order valence-corrected chi connectivity index (χ0v) is 20.5. The summed E-state index contributed by atoms with van der Waals surface area (Å²) >= 11 is 0. The highest BCUT2D eigenvalue weighted by Gasteiger charge is 2.24. The summed E-state index contributed by atoms with van der Waals surface area (Å²) in [5, 5.41) is 9.93. The van der Waals surface area contributed by atoms with Crippen molar-refractivity contribution < 1.29 is 9.13 Å². The highest BCUT2D eigenvalue weighted by Crippen LogP contribution is 2.24. The van der Waals surface area contributed by atoms with Gasteiger partial charge in [-0.05, 0) is 64.0 Å².